The van der Waals surface area contributed by atoms with Gasteiger partial charge >= 0.3 is 12.4 Å². The Morgan fingerprint density at radius 3 is 1.72 bits per heavy atom. The summed E-state index contributed by atoms with van der Waals surface area (Å²) in [7, 11) is 0. The van der Waals surface area contributed by atoms with Gasteiger partial charge in [-0.25, -0.2) is 18.7 Å². The van der Waals surface area contributed by atoms with Crippen molar-refractivity contribution in [2.75, 3.05) is 0 Å². The molecule has 8 aliphatic rings. The van der Waals surface area contributed by atoms with E-state index >= 15 is 26.3 Å². The molecule has 15 heteroatoms. The number of halogens is 6. The van der Waals surface area contributed by atoms with Gasteiger partial charge in [-0.05, 0) is 89.0 Å². The van der Waals surface area contributed by atoms with Crippen molar-refractivity contribution >= 4 is 21.5 Å². The summed E-state index contributed by atoms with van der Waals surface area (Å²) in [5.41, 5.74) is -7.03. The highest BCUT2D eigenvalue weighted by molar-refractivity contribution is 5.85. The number of hydrogen-bond acceptors (Lipinski definition) is 5. The molecular weight excluding hydrogens is 706 g/mol. The standard InChI is InChI=1S/C38H28F6N4O5/c39-37(40,41)35-10-15-8-20-24-12-48-34(52)27-18(6-3-7-19(27)33(51)45(48)11-23(15)24)28(20)36(53-35,38(42,43)44)30-22-9-21(29(30)35)25-13-46-31(49)16-4-1-2-5-17(16)32(50)47(46)14-26(22)25/h1-7,15,20-22,28-30H,8-14H2/t15-,20-,21-,22+,28?,29?,30?,35+,36-/m0/s1. The minimum atomic E-state index is -5.35. The summed E-state index contributed by atoms with van der Waals surface area (Å²) in [5.74, 6) is -8.88. The maximum atomic E-state index is 16.7. The first-order valence-electron chi connectivity index (χ1n) is 17.9. The van der Waals surface area contributed by atoms with Crippen LogP contribution in [0.2, 0.25) is 0 Å². The van der Waals surface area contributed by atoms with Gasteiger partial charge in [-0.1, -0.05) is 24.3 Å². The van der Waals surface area contributed by atoms with E-state index in [0.29, 0.717) is 22.3 Å². The first kappa shape index (κ1) is 30.8. The molecule has 53 heavy (non-hydrogen) atoms. The van der Waals surface area contributed by atoms with Crippen molar-refractivity contribution in [3.8, 4) is 0 Å². The van der Waals surface area contributed by atoms with Crippen LogP contribution in [0.25, 0.3) is 21.5 Å². The number of nitrogens with zero attached hydrogens (tertiary/aromatic N) is 4. The highest BCUT2D eigenvalue weighted by Gasteiger charge is 2.86. The maximum absolute atomic E-state index is 16.7. The third-order valence-corrected chi connectivity index (χ3v) is 14.7. The van der Waals surface area contributed by atoms with Gasteiger partial charge in [-0.2, -0.15) is 26.3 Å². The van der Waals surface area contributed by atoms with E-state index in [9.17, 15) is 19.2 Å². The number of alkyl halides is 6. The van der Waals surface area contributed by atoms with Crippen LogP contribution in [0, 0.1) is 35.5 Å². The first-order valence-corrected chi connectivity index (χ1v) is 17.9. The minimum absolute atomic E-state index is 0.00288. The fourth-order valence-electron chi connectivity index (χ4n) is 13.1. The lowest BCUT2D eigenvalue weighted by molar-refractivity contribution is -0.360. The van der Waals surface area contributed by atoms with Crippen molar-refractivity contribution in [2.24, 2.45) is 35.5 Å². The smallest absolute Gasteiger partial charge is 0.348 e. The molecule has 1 saturated carbocycles. The third-order valence-electron chi connectivity index (χ3n) is 14.7. The Kier molecular flexibility index (Phi) is 5.22. The van der Waals surface area contributed by atoms with E-state index < -0.39 is 93.6 Å². The van der Waals surface area contributed by atoms with Crippen LogP contribution >= 0.6 is 0 Å². The highest BCUT2D eigenvalue weighted by Crippen LogP contribution is 2.78. The number of fused-ring (bicyclic) bond motifs is 17. The second-order valence-electron chi connectivity index (χ2n) is 16.4. The largest absolute Gasteiger partial charge is 0.418 e. The van der Waals surface area contributed by atoms with Crippen LogP contribution in [0.1, 0.15) is 30.7 Å². The van der Waals surface area contributed by atoms with Gasteiger partial charge < -0.3 is 4.74 Å². The lowest BCUT2D eigenvalue weighted by atomic mass is 9.58. The summed E-state index contributed by atoms with van der Waals surface area (Å²) in [6, 6.07) is 10.4. The Bertz CT molecular complexity index is 2790. The molecule has 7 heterocycles. The van der Waals surface area contributed by atoms with Crippen molar-refractivity contribution < 1.29 is 31.1 Å². The second-order valence-corrected chi connectivity index (χ2v) is 16.4. The van der Waals surface area contributed by atoms with Gasteiger partial charge in [0.25, 0.3) is 22.2 Å². The van der Waals surface area contributed by atoms with Crippen molar-refractivity contribution in [3.63, 3.8) is 0 Å². The fourth-order valence-corrected chi connectivity index (χ4v) is 13.1. The predicted molar refractivity (Wildman–Crippen MR) is 175 cm³/mol. The number of allylic oxidation sites excluding steroid dienone is 4. The van der Waals surface area contributed by atoms with Crippen molar-refractivity contribution in [1.82, 2.24) is 18.7 Å². The molecule has 272 valence electrons. The van der Waals surface area contributed by atoms with Gasteiger partial charge in [0.1, 0.15) is 0 Å². The number of aromatic nitrogens is 4. The molecule has 9 nitrogen and oxygen atoms in total. The number of rotatable bonds is 0. The van der Waals surface area contributed by atoms with Crippen LogP contribution in [-0.4, -0.2) is 42.3 Å². The molecule has 2 saturated heterocycles. The lowest BCUT2D eigenvalue weighted by Gasteiger charge is -2.50. The van der Waals surface area contributed by atoms with E-state index in [1.165, 1.54) is 49.1 Å². The Balaban J connectivity index is 1.17. The molecule has 5 aliphatic heterocycles. The topological polar surface area (TPSA) is 97.2 Å². The highest BCUT2D eigenvalue weighted by atomic mass is 19.4. The van der Waals surface area contributed by atoms with Gasteiger partial charge in [0.15, 0.2) is 11.2 Å². The Hall–Kier alpha value is -4.66. The summed E-state index contributed by atoms with van der Waals surface area (Å²) in [6.45, 7) is -0.779. The summed E-state index contributed by atoms with van der Waals surface area (Å²) in [5, 5.41) is 0.0396. The van der Waals surface area contributed by atoms with Gasteiger partial charge in [-0.15, -0.1) is 0 Å². The first-order chi connectivity index (χ1) is 25.2. The molecular formula is C38H28F6N4O5. The molecule has 3 fully saturated rings. The quantitative estimate of drug-likeness (QED) is 0.194. The van der Waals surface area contributed by atoms with Crippen LogP contribution in [0.15, 0.2) is 83.9 Å². The molecule has 2 aromatic carbocycles. The van der Waals surface area contributed by atoms with Gasteiger partial charge in [-0.3, -0.25) is 19.2 Å². The van der Waals surface area contributed by atoms with E-state index in [2.05, 4.69) is 0 Å². The zero-order chi connectivity index (χ0) is 36.5. The van der Waals surface area contributed by atoms with Gasteiger partial charge in [0.05, 0.1) is 47.7 Å². The third kappa shape index (κ3) is 3.17. The van der Waals surface area contributed by atoms with Crippen LogP contribution in [-0.2, 0) is 30.9 Å². The average Bonchev–Trinajstić information content (AvgIpc) is 3.86. The zero-order valence-electron chi connectivity index (χ0n) is 27.6. The maximum Gasteiger partial charge on any atom is 0.418 e. The molecule has 2 aromatic heterocycles. The molecule has 0 N–H and O–H groups in total. The van der Waals surface area contributed by atoms with Crippen molar-refractivity contribution in [3.05, 3.63) is 112 Å². The van der Waals surface area contributed by atoms with E-state index in [1.54, 1.807) is 12.1 Å². The number of ether oxygens (including phenoxy) is 1. The zero-order valence-corrected chi connectivity index (χ0v) is 27.6. The van der Waals surface area contributed by atoms with Crippen LogP contribution in [0.4, 0.5) is 26.3 Å². The summed E-state index contributed by atoms with van der Waals surface area (Å²) < 4.78 is 110. The molecule has 3 unspecified atom stereocenters. The summed E-state index contributed by atoms with van der Waals surface area (Å²) in [6.07, 6.45) is -11.3. The average molecular weight is 735 g/mol. The summed E-state index contributed by atoms with van der Waals surface area (Å²) >= 11 is 0. The fraction of sp³-hybridized carbons (Fsp3) is 0.474. The van der Waals surface area contributed by atoms with E-state index in [1.807, 2.05) is 0 Å². The molecule has 4 aromatic rings. The normalized spacial score (nSPS) is 35.6. The van der Waals surface area contributed by atoms with E-state index in [-0.39, 0.29) is 66.1 Å². The molecule has 9 atom stereocenters. The molecule has 12 rings (SSSR count). The Morgan fingerprint density at radius 2 is 1.11 bits per heavy atom. The van der Waals surface area contributed by atoms with Crippen molar-refractivity contribution in [1.29, 1.82) is 0 Å². The second kappa shape index (κ2) is 8.99. The van der Waals surface area contributed by atoms with E-state index in [0.717, 1.165) is 0 Å². The SMILES string of the molecule is O=c1c2ccccc2c(=O)n2n1CC1=C(C2)[C@@H]2C[C@H]1C1C2[C@@]2(C(F)(F)F)C[C@@H]3C[C@H]4C5=C3Cn3c(=O)c6cccc(c6c(=O)n3C5)C4[C@]1(C(F)(F)F)O2. The van der Waals surface area contributed by atoms with Crippen LogP contribution in [0.5, 0.6) is 0 Å². The van der Waals surface area contributed by atoms with Crippen LogP contribution in [0.3, 0.4) is 0 Å². The predicted octanol–water partition coefficient (Wildman–Crippen LogP) is 4.61. The van der Waals surface area contributed by atoms with Gasteiger partial charge in [0.2, 0.25) is 0 Å². The minimum Gasteiger partial charge on any atom is -0.348 e. The molecule has 3 aliphatic carbocycles. The Labute approximate surface area is 293 Å². The molecule has 0 spiro atoms. The number of hydrogen-bond donors (Lipinski definition) is 0. The lowest BCUT2D eigenvalue weighted by Crippen LogP contribution is -2.61. The number of benzene rings is 2. The van der Waals surface area contributed by atoms with Crippen LogP contribution < -0.4 is 22.2 Å². The molecule has 0 amide bonds. The molecule has 9 bridgehead atoms. The summed E-state index contributed by atoms with van der Waals surface area (Å²) in [4.78, 5) is 55.6. The van der Waals surface area contributed by atoms with E-state index in [4.69, 9.17) is 4.74 Å². The molecule has 0 radical (unpaired) electrons. The Morgan fingerprint density at radius 1 is 0.585 bits per heavy atom. The van der Waals surface area contributed by atoms with Gasteiger partial charge in [0, 0.05) is 17.8 Å². The van der Waals surface area contributed by atoms with Crippen molar-refractivity contribution in [2.45, 2.75) is 74.9 Å². The monoisotopic (exact) mass is 734 g/mol.